The molecular formula is C28H21ClFN5O3. The van der Waals surface area contributed by atoms with Gasteiger partial charge in [-0.15, -0.1) is 0 Å². The highest BCUT2D eigenvalue weighted by atomic mass is 35.5. The third-order valence-electron chi connectivity index (χ3n) is 6.56. The third-order valence-corrected chi connectivity index (χ3v) is 6.88. The average Bonchev–Trinajstić information content (AvgIpc) is 3.31. The molecule has 1 atom stereocenters. The Morgan fingerprint density at radius 3 is 2.71 bits per heavy atom. The Labute approximate surface area is 221 Å². The SMILES string of the molecule is CC(c1oc2ccccc2c(=O)c1-c1cccc(F)c1)N1NC(c2ccc(Cl)c(O)c2)=C2C1=CN=CN2N. The molecule has 0 spiro atoms. The van der Waals surface area contributed by atoms with Gasteiger partial charge >= 0.3 is 0 Å². The van der Waals surface area contributed by atoms with Crippen molar-refractivity contribution in [2.75, 3.05) is 0 Å². The number of rotatable bonds is 4. The van der Waals surface area contributed by atoms with Crippen molar-refractivity contribution >= 4 is 34.6 Å². The predicted octanol–water partition coefficient (Wildman–Crippen LogP) is 5.27. The van der Waals surface area contributed by atoms with E-state index in [1.54, 1.807) is 59.7 Å². The van der Waals surface area contributed by atoms with Crippen LogP contribution >= 0.6 is 11.6 Å². The van der Waals surface area contributed by atoms with Crippen LogP contribution in [0.1, 0.15) is 24.3 Å². The summed E-state index contributed by atoms with van der Waals surface area (Å²) < 4.78 is 20.6. The summed E-state index contributed by atoms with van der Waals surface area (Å²) in [5.41, 5.74) is 6.52. The number of hydrazine groups is 2. The highest BCUT2D eigenvalue weighted by Crippen LogP contribution is 2.41. The Balaban J connectivity index is 1.52. The lowest BCUT2D eigenvalue weighted by Crippen LogP contribution is -2.36. The van der Waals surface area contributed by atoms with E-state index in [9.17, 15) is 14.3 Å². The molecule has 0 aliphatic carbocycles. The Bertz CT molecular complexity index is 1760. The van der Waals surface area contributed by atoms with Gasteiger partial charge in [-0.25, -0.2) is 15.2 Å². The van der Waals surface area contributed by atoms with Crippen LogP contribution in [0.25, 0.3) is 27.8 Å². The van der Waals surface area contributed by atoms with E-state index in [4.69, 9.17) is 21.9 Å². The monoisotopic (exact) mass is 529 g/mol. The van der Waals surface area contributed by atoms with Crippen LogP contribution in [0.5, 0.6) is 5.75 Å². The number of benzene rings is 3. The van der Waals surface area contributed by atoms with Gasteiger partial charge in [0.05, 0.1) is 27.9 Å². The molecule has 4 N–H and O–H groups in total. The van der Waals surface area contributed by atoms with E-state index >= 15 is 0 Å². The van der Waals surface area contributed by atoms with Crippen molar-refractivity contribution in [1.29, 1.82) is 0 Å². The second-order valence-electron chi connectivity index (χ2n) is 8.91. The summed E-state index contributed by atoms with van der Waals surface area (Å²) in [6, 6.07) is 17.1. The molecule has 8 nitrogen and oxygen atoms in total. The largest absolute Gasteiger partial charge is 0.506 e. The van der Waals surface area contributed by atoms with E-state index in [-0.39, 0.29) is 21.8 Å². The molecule has 6 rings (SSSR count). The summed E-state index contributed by atoms with van der Waals surface area (Å²) >= 11 is 6.03. The number of phenolic OH excluding ortho intramolecular Hbond substituents is 1. The quantitative estimate of drug-likeness (QED) is 0.309. The van der Waals surface area contributed by atoms with Gasteiger partial charge in [0.1, 0.15) is 46.7 Å². The number of nitrogens with one attached hydrogen (secondary N) is 1. The molecule has 3 aromatic carbocycles. The minimum absolute atomic E-state index is 0.0851. The number of fused-ring (bicyclic) bond motifs is 2. The first-order chi connectivity index (χ1) is 18.3. The van der Waals surface area contributed by atoms with E-state index in [1.807, 2.05) is 6.92 Å². The number of phenols is 1. The first kappa shape index (κ1) is 23.8. The van der Waals surface area contributed by atoms with E-state index in [2.05, 4.69) is 10.4 Å². The first-order valence-electron chi connectivity index (χ1n) is 11.7. The Kier molecular flexibility index (Phi) is 5.67. The molecule has 0 amide bonds. The van der Waals surface area contributed by atoms with Gasteiger partial charge in [-0.3, -0.25) is 20.2 Å². The van der Waals surface area contributed by atoms with Crippen LogP contribution in [0.3, 0.4) is 0 Å². The Hall–Kier alpha value is -4.60. The van der Waals surface area contributed by atoms with Crippen molar-refractivity contribution < 1.29 is 13.9 Å². The lowest BCUT2D eigenvalue weighted by molar-refractivity contribution is 0.215. The molecule has 10 heteroatoms. The van der Waals surface area contributed by atoms with Crippen molar-refractivity contribution in [2.45, 2.75) is 13.0 Å². The molecule has 1 aromatic heterocycles. The maximum absolute atomic E-state index is 14.3. The molecule has 2 aliphatic rings. The minimum Gasteiger partial charge on any atom is -0.506 e. The van der Waals surface area contributed by atoms with Crippen LogP contribution in [0.15, 0.2) is 98.5 Å². The van der Waals surface area contributed by atoms with Crippen molar-refractivity contribution in [2.24, 2.45) is 10.8 Å². The van der Waals surface area contributed by atoms with Gasteiger partial charge in [-0.2, -0.15) is 0 Å². The second-order valence-corrected chi connectivity index (χ2v) is 9.32. The van der Waals surface area contributed by atoms with Gasteiger partial charge in [0.15, 0.2) is 0 Å². The molecule has 38 heavy (non-hydrogen) atoms. The van der Waals surface area contributed by atoms with Crippen LogP contribution in [0, 0.1) is 5.82 Å². The van der Waals surface area contributed by atoms with E-state index in [0.717, 1.165) is 0 Å². The van der Waals surface area contributed by atoms with Crippen LogP contribution < -0.4 is 16.7 Å². The molecule has 0 fully saturated rings. The number of hydrogen-bond donors (Lipinski definition) is 3. The van der Waals surface area contributed by atoms with Crippen LogP contribution in [0.4, 0.5) is 4.39 Å². The normalized spacial score (nSPS) is 15.5. The summed E-state index contributed by atoms with van der Waals surface area (Å²) in [4.78, 5) is 18.0. The molecule has 0 bridgehead atoms. The standard InChI is InChI=1S/C28H21ClFN5O3/c1-15(28-24(16-5-4-6-18(30)11-16)27(37)19-7-2-3-8-23(19)38-28)35-21-13-32-14-34(31)26(21)25(33-35)17-9-10-20(29)22(36)12-17/h2-15,33,36H,31H2,1H3. The number of nitrogens with zero attached hydrogens (tertiary/aromatic N) is 3. The van der Waals surface area contributed by atoms with Crippen molar-refractivity contribution in [1.82, 2.24) is 15.4 Å². The van der Waals surface area contributed by atoms with Crippen molar-refractivity contribution in [3.8, 4) is 16.9 Å². The summed E-state index contributed by atoms with van der Waals surface area (Å²) in [5, 5.41) is 14.0. The number of aromatic hydroxyl groups is 1. The fraction of sp³-hybridized carbons (Fsp3) is 0.0714. The maximum atomic E-state index is 14.3. The van der Waals surface area contributed by atoms with Crippen LogP contribution in [-0.4, -0.2) is 21.5 Å². The number of nitrogens with two attached hydrogens (primary N) is 1. The Morgan fingerprint density at radius 1 is 1.11 bits per heavy atom. The number of para-hydroxylation sites is 1. The summed E-state index contributed by atoms with van der Waals surface area (Å²) in [6.07, 6.45) is 3.09. The molecule has 0 saturated carbocycles. The average molecular weight is 530 g/mol. The number of halogens is 2. The third kappa shape index (κ3) is 3.80. The molecule has 0 radical (unpaired) electrons. The van der Waals surface area contributed by atoms with Gasteiger partial charge < -0.3 is 9.52 Å². The predicted molar refractivity (Wildman–Crippen MR) is 144 cm³/mol. The smallest absolute Gasteiger partial charge is 0.200 e. The molecule has 4 aromatic rings. The van der Waals surface area contributed by atoms with Gasteiger partial charge in [-0.05, 0) is 48.9 Å². The molecule has 1 unspecified atom stereocenters. The minimum atomic E-state index is -0.591. The van der Waals surface area contributed by atoms with Gasteiger partial charge in [0, 0.05) is 5.56 Å². The fourth-order valence-corrected chi connectivity index (χ4v) is 4.87. The lowest BCUT2D eigenvalue weighted by atomic mass is 9.98. The molecular weight excluding hydrogens is 509 g/mol. The van der Waals surface area contributed by atoms with Gasteiger partial charge in [-0.1, -0.05) is 41.9 Å². The highest BCUT2D eigenvalue weighted by molar-refractivity contribution is 6.32. The zero-order valence-corrected chi connectivity index (χ0v) is 20.8. The van der Waals surface area contributed by atoms with Crippen molar-refractivity contribution in [3.63, 3.8) is 0 Å². The summed E-state index contributed by atoms with van der Waals surface area (Å²) in [6.45, 7) is 1.85. The van der Waals surface area contributed by atoms with Crippen LogP contribution in [-0.2, 0) is 0 Å². The molecule has 190 valence electrons. The zero-order chi connectivity index (χ0) is 26.6. The molecule has 0 saturated heterocycles. The zero-order valence-electron chi connectivity index (χ0n) is 20.0. The van der Waals surface area contributed by atoms with Crippen LogP contribution in [0.2, 0.25) is 5.02 Å². The fourth-order valence-electron chi connectivity index (χ4n) is 4.76. The highest BCUT2D eigenvalue weighted by Gasteiger charge is 2.37. The summed E-state index contributed by atoms with van der Waals surface area (Å²) in [5.74, 6) is 6.04. The van der Waals surface area contributed by atoms with Crippen molar-refractivity contribution in [3.05, 3.63) is 117 Å². The molecule has 2 aliphatic heterocycles. The van der Waals surface area contributed by atoms with E-state index in [0.29, 0.717) is 44.9 Å². The van der Waals surface area contributed by atoms with E-state index < -0.39 is 11.9 Å². The van der Waals surface area contributed by atoms with Gasteiger partial charge in [0.25, 0.3) is 0 Å². The second kappa shape index (κ2) is 9.05. The lowest BCUT2D eigenvalue weighted by Gasteiger charge is -2.30. The summed E-state index contributed by atoms with van der Waals surface area (Å²) in [7, 11) is 0. The first-order valence-corrected chi connectivity index (χ1v) is 12.1. The Morgan fingerprint density at radius 2 is 1.92 bits per heavy atom. The topological polar surface area (TPSA) is 107 Å². The van der Waals surface area contributed by atoms with Gasteiger partial charge in [0.2, 0.25) is 5.43 Å². The molecule has 3 heterocycles. The number of hydrogen-bond acceptors (Lipinski definition) is 8. The maximum Gasteiger partial charge on any atom is 0.200 e. The number of aliphatic imine (C=N–C) groups is 1. The van der Waals surface area contributed by atoms with E-state index in [1.165, 1.54) is 29.5 Å².